The number of carbonyl (C=O) groups excluding carboxylic acids is 1. The highest BCUT2D eigenvalue weighted by molar-refractivity contribution is 8.01. The molecule has 13 heteroatoms. The summed E-state index contributed by atoms with van der Waals surface area (Å²) in [5.74, 6) is -0.154. The Morgan fingerprint density at radius 1 is 1.54 bits per heavy atom. The number of carboxylic acids is 1. The molecule has 2 aliphatic heterocycles. The summed E-state index contributed by atoms with van der Waals surface area (Å²) in [6.45, 7) is 0. The Bertz CT molecular complexity index is 980. The summed E-state index contributed by atoms with van der Waals surface area (Å²) >= 11 is 2.86. The molecular weight excluding hydrogens is 404 g/mol. The van der Waals surface area contributed by atoms with Crippen molar-refractivity contribution in [3.05, 3.63) is 29.4 Å². The highest BCUT2D eigenvalue weighted by Gasteiger charge is 2.53. The number of fused-ring (bicyclic) bond motifs is 1. The van der Waals surface area contributed by atoms with Crippen LogP contribution < -0.4 is 5.32 Å². The Morgan fingerprint density at radius 2 is 2.39 bits per heavy atom. The first-order chi connectivity index (χ1) is 13.6. The van der Waals surface area contributed by atoms with Gasteiger partial charge in [0.2, 0.25) is 5.95 Å². The van der Waals surface area contributed by atoms with Crippen LogP contribution in [-0.2, 0) is 16.0 Å². The standard InChI is InChI=1S/C15H14N8O3S2/c16-2-1-8-3-17-15(19-8)20-10-12(24)23-11(14(25)26)7(6-28-13(10)23)5-27-9-4-18-22-21-9/h3-4,10,13H,1,5-6H2,(H,25,26)(H2,17,19,20)(H,18,21,22)/t10?,13-/m1/s1. The number of anilines is 1. The lowest BCUT2D eigenvalue weighted by atomic mass is 10.0. The third-order valence-corrected chi connectivity index (χ3v) is 6.55. The SMILES string of the molecule is N#CCc1c[nH]c(NC2C(=O)N3C(C(=O)O)=C(CSc4c[nH]nn4)CS[C@H]23)n1. The molecule has 0 saturated carbocycles. The number of nitrogens with zero attached hydrogens (tertiary/aromatic N) is 5. The third kappa shape index (κ3) is 3.32. The Balaban J connectivity index is 1.48. The number of imidazole rings is 1. The van der Waals surface area contributed by atoms with E-state index in [1.807, 2.05) is 6.07 Å². The number of carboxylic acid groups (broad SMARTS) is 1. The molecule has 0 spiro atoms. The second kappa shape index (κ2) is 7.56. The number of nitriles is 1. The fourth-order valence-electron chi connectivity index (χ4n) is 2.97. The molecule has 1 fully saturated rings. The molecule has 1 unspecified atom stereocenters. The van der Waals surface area contributed by atoms with Crippen molar-refractivity contribution in [1.82, 2.24) is 30.3 Å². The molecular formula is C15H14N8O3S2. The fourth-order valence-corrected chi connectivity index (χ4v) is 5.24. The van der Waals surface area contributed by atoms with Crippen LogP contribution >= 0.6 is 23.5 Å². The van der Waals surface area contributed by atoms with E-state index < -0.39 is 12.0 Å². The van der Waals surface area contributed by atoms with Crippen LogP contribution in [0.4, 0.5) is 5.95 Å². The molecule has 0 aromatic carbocycles. The molecule has 1 saturated heterocycles. The number of amides is 1. The quantitative estimate of drug-likeness (QED) is 0.366. The van der Waals surface area contributed by atoms with E-state index in [2.05, 4.69) is 30.7 Å². The van der Waals surface area contributed by atoms with Gasteiger partial charge in [-0.05, 0) is 5.57 Å². The molecule has 0 bridgehead atoms. The predicted molar refractivity (Wildman–Crippen MR) is 100 cm³/mol. The molecule has 1 amide bonds. The zero-order valence-corrected chi connectivity index (χ0v) is 15.9. The highest BCUT2D eigenvalue weighted by Crippen LogP contribution is 2.42. The molecule has 2 aliphatic rings. The highest BCUT2D eigenvalue weighted by atomic mass is 32.2. The van der Waals surface area contributed by atoms with E-state index in [0.29, 0.717) is 33.7 Å². The van der Waals surface area contributed by atoms with Crippen molar-refractivity contribution < 1.29 is 14.7 Å². The number of aromatic amines is 2. The van der Waals surface area contributed by atoms with Crippen molar-refractivity contribution in [3.63, 3.8) is 0 Å². The van der Waals surface area contributed by atoms with Crippen LogP contribution in [0.5, 0.6) is 0 Å². The van der Waals surface area contributed by atoms with Crippen LogP contribution in [0.15, 0.2) is 28.7 Å². The molecule has 4 N–H and O–H groups in total. The Labute approximate surface area is 167 Å². The van der Waals surface area contributed by atoms with Gasteiger partial charge in [-0.25, -0.2) is 9.78 Å². The van der Waals surface area contributed by atoms with E-state index in [-0.39, 0.29) is 23.4 Å². The third-order valence-electron chi connectivity index (χ3n) is 4.22. The molecule has 4 rings (SSSR count). The van der Waals surface area contributed by atoms with Crippen LogP contribution in [0, 0.1) is 11.3 Å². The maximum atomic E-state index is 12.7. The minimum Gasteiger partial charge on any atom is -0.477 e. The van der Waals surface area contributed by atoms with E-state index in [1.165, 1.54) is 28.4 Å². The van der Waals surface area contributed by atoms with Gasteiger partial charge in [-0.1, -0.05) is 17.0 Å². The van der Waals surface area contributed by atoms with Crippen molar-refractivity contribution in [1.29, 1.82) is 5.26 Å². The summed E-state index contributed by atoms with van der Waals surface area (Å²) in [5.41, 5.74) is 1.28. The molecule has 2 aromatic heterocycles. The van der Waals surface area contributed by atoms with Gasteiger partial charge in [-0.2, -0.15) is 5.26 Å². The first-order valence-corrected chi connectivity index (χ1v) is 10.2. The zero-order chi connectivity index (χ0) is 19.7. The first kappa shape index (κ1) is 18.4. The second-order valence-electron chi connectivity index (χ2n) is 5.96. The van der Waals surface area contributed by atoms with E-state index in [1.54, 1.807) is 12.4 Å². The number of carbonyl (C=O) groups is 2. The number of β-lactam (4-membered cyclic amide) rings is 1. The number of aromatic nitrogens is 5. The molecule has 144 valence electrons. The summed E-state index contributed by atoms with van der Waals surface area (Å²) in [7, 11) is 0. The van der Waals surface area contributed by atoms with Crippen molar-refractivity contribution in [3.8, 4) is 6.07 Å². The predicted octanol–water partition coefficient (Wildman–Crippen LogP) is 0.420. The average molecular weight is 418 g/mol. The number of H-pyrrole nitrogens is 2. The van der Waals surface area contributed by atoms with Gasteiger partial charge in [-0.3, -0.25) is 14.8 Å². The molecule has 0 aliphatic carbocycles. The van der Waals surface area contributed by atoms with E-state index in [0.717, 1.165) is 0 Å². The van der Waals surface area contributed by atoms with Crippen LogP contribution in [0.1, 0.15) is 5.69 Å². The van der Waals surface area contributed by atoms with Gasteiger partial charge in [0.15, 0.2) is 0 Å². The lowest BCUT2D eigenvalue weighted by Crippen LogP contribution is -2.67. The van der Waals surface area contributed by atoms with Gasteiger partial charge in [0.05, 0.1) is 24.4 Å². The van der Waals surface area contributed by atoms with Crippen LogP contribution in [-0.4, -0.2) is 70.2 Å². The number of rotatable bonds is 7. The van der Waals surface area contributed by atoms with Gasteiger partial charge >= 0.3 is 5.97 Å². The van der Waals surface area contributed by atoms with Crippen molar-refractivity contribution in [2.75, 3.05) is 16.8 Å². The maximum absolute atomic E-state index is 12.7. The maximum Gasteiger partial charge on any atom is 0.352 e. The topological polar surface area (TPSA) is 164 Å². The largest absolute Gasteiger partial charge is 0.477 e. The van der Waals surface area contributed by atoms with Crippen LogP contribution in [0.3, 0.4) is 0 Å². The lowest BCUT2D eigenvalue weighted by molar-refractivity contribution is -0.147. The Kier molecular flexibility index (Phi) is 4.97. The molecule has 4 heterocycles. The summed E-state index contributed by atoms with van der Waals surface area (Å²) in [6.07, 6.45) is 3.39. The monoisotopic (exact) mass is 418 g/mol. The van der Waals surface area contributed by atoms with E-state index in [9.17, 15) is 14.7 Å². The van der Waals surface area contributed by atoms with E-state index in [4.69, 9.17) is 5.26 Å². The minimum atomic E-state index is -1.12. The summed E-state index contributed by atoms with van der Waals surface area (Å²) in [5, 5.41) is 31.8. The number of thioether (sulfide) groups is 2. The van der Waals surface area contributed by atoms with Crippen LogP contribution in [0.2, 0.25) is 0 Å². The number of aliphatic carboxylic acids is 1. The first-order valence-electron chi connectivity index (χ1n) is 8.15. The molecule has 2 atom stereocenters. The smallest absolute Gasteiger partial charge is 0.352 e. The molecule has 0 radical (unpaired) electrons. The molecule has 28 heavy (non-hydrogen) atoms. The number of nitrogens with one attached hydrogen (secondary N) is 3. The summed E-state index contributed by atoms with van der Waals surface area (Å²) < 4.78 is 0. The minimum absolute atomic E-state index is 0.0346. The van der Waals surface area contributed by atoms with Gasteiger partial charge in [0.1, 0.15) is 22.1 Å². The van der Waals surface area contributed by atoms with Gasteiger partial charge in [-0.15, -0.1) is 16.9 Å². The number of hydrogen-bond acceptors (Lipinski definition) is 9. The fraction of sp³-hybridized carbons (Fsp3) is 0.333. The number of hydrogen-bond donors (Lipinski definition) is 4. The normalized spacial score (nSPS) is 21.1. The zero-order valence-electron chi connectivity index (χ0n) is 14.2. The Morgan fingerprint density at radius 3 is 3.11 bits per heavy atom. The van der Waals surface area contributed by atoms with Crippen molar-refractivity contribution >= 4 is 41.3 Å². The van der Waals surface area contributed by atoms with Crippen molar-refractivity contribution in [2.24, 2.45) is 0 Å². The van der Waals surface area contributed by atoms with Gasteiger partial charge in [0, 0.05) is 17.7 Å². The van der Waals surface area contributed by atoms with Gasteiger partial charge < -0.3 is 15.4 Å². The summed E-state index contributed by atoms with van der Waals surface area (Å²) in [4.78, 5) is 32.9. The average Bonchev–Trinajstić information content (AvgIpc) is 3.35. The summed E-state index contributed by atoms with van der Waals surface area (Å²) in [6, 6.07) is 1.43. The second-order valence-corrected chi connectivity index (χ2v) is 8.07. The van der Waals surface area contributed by atoms with E-state index >= 15 is 0 Å². The van der Waals surface area contributed by atoms with Crippen molar-refractivity contribution in [2.45, 2.75) is 22.9 Å². The molecule has 2 aromatic rings. The molecule has 11 nitrogen and oxygen atoms in total. The van der Waals surface area contributed by atoms with Crippen LogP contribution in [0.25, 0.3) is 0 Å². The van der Waals surface area contributed by atoms with Gasteiger partial charge in [0.25, 0.3) is 5.91 Å². The Hall–Kier alpha value is -2.98. The lowest BCUT2D eigenvalue weighted by Gasteiger charge is -2.49.